The van der Waals surface area contributed by atoms with Crippen molar-refractivity contribution in [3.63, 3.8) is 0 Å². The molecule has 6 heteroatoms. The predicted molar refractivity (Wildman–Crippen MR) is 97.8 cm³/mol. The molecule has 3 aromatic rings. The number of hydrogen-bond donors (Lipinski definition) is 2. The van der Waals surface area contributed by atoms with E-state index in [0.29, 0.717) is 12.2 Å². The second-order valence-electron chi connectivity index (χ2n) is 6.01. The van der Waals surface area contributed by atoms with Crippen LogP contribution in [0.15, 0.2) is 47.7 Å². The first-order chi connectivity index (χ1) is 12.0. The molecule has 3 rings (SSSR count). The molecular weight excluding hydrogens is 314 g/mol. The Balaban J connectivity index is 1.72. The van der Waals surface area contributed by atoms with Gasteiger partial charge in [-0.05, 0) is 38.5 Å². The van der Waals surface area contributed by atoms with Crippen LogP contribution in [0.5, 0.6) is 0 Å². The number of H-pyrrole nitrogens is 1. The lowest BCUT2D eigenvalue weighted by Gasteiger charge is -2.05. The predicted octanol–water partition coefficient (Wildman–Crippen LogP) is 2.95. The fourth-order valence-corrected chi connectivity index (χ4v) is 2.61. The van der Waals surface area contributed by atoms with Crippen molar-refractivity contribution in [2.45, 2.75) is 27.3 Å². The van der Waals surface area contributed by atoms with Gasteiger partial charge in [0, 0.05) is 17.5 Å². The van der Waals surface area contributed by atoms with Gasteiger partial charge >= 0.3 is 0 Å². The van der Waals surface area contributed by atoms with Crippen LogP contribution in [0.3, 0.4) is 0 Å². The topological polar surface area (TPSA) is 75.1 Å². The van der Waals surface area contributed by atoms with E-state index in [9.17, 15) is 4.79 Å². The Kier molecular flexibility index (Phi) is 4.79. The Morgan fingerprint density at radius 2 is 2.00 bits per heavy atom. The molecule has 0 aliphatic heterocycles. The number of aromatic amines is 1. The Morgan fingerprint density at radius 1 is 1.24 bits per heavy atom. The first kappa shape index (κ1) is 16.7. The molecule has 0 aliphatic carbocycles. The summed E-state index contributed by atoms with van der Waals surface area (Å²) in [4.78, 5) is 14.7. The van der Waals surface area contributed by atoms with Gasteiger partial charge in [-0.15, -0.1) is 0 Å². The average Bonchev–Trinajstić information content (AvgIpc) is 3.21. The van der Waals surface area contributed by atoms with Crippen LogP contribution in [-0.4, -0.2) is 26.9 Å². The van der Waals surface area contributed by atoms with Gasteiger partial charge in [-0.2, -0.15) is 10.2 Å². The largest absolute Gasteiger partial charge is 0.357 e. The second kappa shape index (κ2) is 7.17. The van der Waals surface area contributed by atoms with E-state index in [-0.39, 0.29) is 5.91 Å². The number of amides is 1. The molecule has 0 fully saturated rings. The van der Waals surface area contributed by atoms with Gasteiger partial charge < -0.3 is 4.98 Å². The fraction of sp³-hybridized carbons (Fsp3) is 0.211. The number of carbonyl (C=O) groups excluding carboxylic acids is 1. The quantitative estimate of drug-likeness (QED) is 0.556. The van der Waals surface area contributed by atoms with Crippen LogP contribution in [0, 0.1) is 20.8 Å². The third-order valence-electron chi connectivity index (χ3n) is 4.09. The Hall–Kier alpha value is -3.15. The molecule has 0 spiro atoms. The Labute approximate surface area is 146 Å². The third-order valence-corrected chi connectivity index (χ3v) is 4.09. The van der Waals surface area contributed by atoms with Gasteiger partial charge in [0.1, 0.15) is 5.69 Å². The number of nitrogens with zero attached hydrogens (tertiary/aromatic N) is 3. The molecule has 1 amide bonds. The molecule has 2 heterocycles. The SMILES string of the molecule is Cc1ccc(Cn2nc(C)c(/C=N\NC(=O)c3ccc[nH]3)c2C)cc1. The zero-order chi connectivity index (χ0) is 17.8. The molecule has 2 aromatic heterocycles. The lowest BCUT2D eigenvalue weighted by atomic mass is 10.1. The zero-order valence-corrected chi connectivity index (χ0v) is 14.6. The average molecular weight is 335 g/mol. The number of rotatable bonds is 5. The molecule has 0 unspecified atom stereocenters. The number of aryl methyl sites for hydroxylation is 2. The van der Waals surface area contributed by atoms with Gasteiger partial charge in [0.05, 0.1) is 18.5 Å². The molecule has 128 valence electrons. The van der Waals surface area contributed by atoms with Crippen molar-refractivity contribution in [1.82, 2.24) is 20.2 Å². The highest BCUT2D eigenvalue weighted by molar-refractivity contribution is 5.93. The van der Waals surface area contributed by atoms with Crippen LogP contribution in [0.4, 0.5) is 0 Å². The van der Waals surface area contributed by atoms with Crippen molar-refractivity contribution in [3.05, 3.63) is 76.4 Å². The van der Waals surface area contributed by atoms with Crippen molar-refractivity contribution in [3.8, 4) is 0 Å². The van der Waals surface area contributed by atoms with Crippen molar-refractivity contribution in [1.29, 1.82) is 0 Å². The molecule has 2 N–H and O–H groups in total. The molecule has 0 radical (unpaired) electrons. The van der Waals surface area contributed by atoms with E-state index in [0.717, 1.165) is 17.0 Å². The summed E-state index contributed by atoms with van der Waals surface area (Å²) in [6.07, 6.45) is 3.34. The van der Waals surface area contributed by atoms with E-state index in [4.69, 9.17) is 0 Å². The standard InChI is InChI=1S/C19H21N5O/c1-13-6-8-16(9-7-13)12-24-15(3)17(14(2)23-24)11-21-22-19(25)18-5-4-10-20-18/h4-11,20H,12H2,1-3H3,(H,22,25)/b21-11-. The number of benzene rings is 1. The lowest BCUT2D eigenvalue weighted by Crippen LogP contribution is -2.17. The van der Waals surface area contributed by atoms with Gasteiger partial charge in [0.15, 0.2) is 0 Å². The molecule has 1 aromatic carbocycles. The van der Waals surface area contributed by atoms with E-state index in [1.165, 1.54) is 11.1 Å². The monoisotopic (exact) mass is 335 g/mol. The highest BCUT2D eigenvalue weighted by atomic mass is 16.2. The highest BCUT2D eigenvalue weighted by Gasteiger charge is 2.10. The second-order valence-corrected chi connectivity index (χ2v) is 6.01. The molecule has 0 bridgehead atoms. The van der Waals surface area contributed by atoms with Gasteiger partial charge in [0.25, 0.3) is 5.91 Å². The summed E-state index contributed by atoms with van der Waals surface area (Å²) in [5.41, 5.74) is 8.22. The smallest absolute Gasteiger partial charge is 0.287 e. The van der Waals surface area contributed by atoms with Crippen molar-refractivity contribution in [2.24, 2.45) is 5.10 Å². The molecular formula is C19H21N5O. The number of hydrazone groups is 1. The van der Waals surface area contributed by atoms with Crippen LogP contribution in [0.1, 0.15) is 38.6 Å². The van der Waals surface area contributed by atoms with Gasteiger partial charge in [0.2, 0.25) is 0 Å². The normalized spacial score (nSPS) is 11.2. The van der Waals surface area contributed by atoms with Crippen LogP contribution in [0.2, 0.25) is 0 Å². The van der Waals surface area contributed by atoms with Crippen molar-refractivity contribution < 1.29 is 4.79 Å². The summed E-state index contributed by atoms with van der Waals surface area (Å²) < 4.78 is 1.95. The van der Waals surface area contributed by atoms with E-state index in [2.05, 4.69) is 51.8 Å². The van der Waals surface area contributed by atoms with Gasteiger partial charge in [-0.25, -0.2) is 5.43 Å². The van der Waals surface area contributed by atoms with E-state index in [1.807, 2.05) is 18.5 Å². The third kappa shape index (κ3) is 3.85. The minimum absolute atomic E-state index is 0.274. The summed E-state index contributed by atoms with van der Waals surface area (Å²) >= 11 is 0. The highest BCUT2D eigenvalue weighted by Crippen LogP contribution is 2.13. The van der Waals surface area contributed by atoms with Gasteiger partial charge in [-0.1, -0.05) is 29.8 Å². The Morgan fingerprint density at radius 3 is 2.68 bits per heavy atom. The molecule has 0 saturated carbocycles. The molecule has 0 aliphatic rings. The summed E-state index contributed by atoms with van der Waals surface area (Å²) in [5, 5.41) is 8.64. The summed E-state index contributed by atoms with van der Waals surface area (Å²) in [7, 11) is 0. The number of nitrogens with one attached hydrogen (secondary N) is 2. The molecule has 0 atom stereocenters. The first-order valence-corrected chi connectivity index (χ1v) is 8.11. The minimum Gasteiger partial charge on any atom is -0.357 e. The van der Waals surface area contributed by atoms with E-state index >= 15 is 0 Å². The van der Waals surface area contributed by atoms with Crippen LogP contribution >= 0.6 is 0 Å². The fourth-order valence-electron chi connectivity index (χ4n) is 2.61. The van der Waals surface area contributed by atoms with Crippen molar-refractivity contribution >= 4 is 12.1 Å². The van der Waals surface area contributed by atoms with Crippen molar-refractivity contribution in [2.75, 3.05) is 0 Å². The van der Waals surface area contributed by atoms with Crippen LogP contribution < -0.4 is 5.43 Å². The van der Waals surface area contributed by atoms with Crippen LogP contribution in [-0.2, 0) is 6.54 Å². The Bertz CT molecular complexity index is 889. The zero-order valence-electron chi connectivity index (χ0n) is 14.6. The summed E-state index contributed by atoms with van der Waals surface area (Å²) in [5.74, 6) is -0.274. The minimum atomic E-state index is -0.274. The van der Waals surface area contributed by atoms with Gasteiger partial charge in [-0.3, -0.25) is 9.48 Å². The van der Waals surface area contributed by atoms with E-state index < -0.39 is 0 Å². The first-order valence-electron chi connectivity index (χ1n) is 8.11. The maximum atomic E-state index is 11.9. The number of aromatic nitrogens is 3. The number of hydrogen-bond acceptors (Lipinski definition) is 3. The number of carbonyl (C=O) groups is 1. The summed E-state index contributed by atoms with van der Waals surface area (Å²) in [6, 6.07) is 11.9. The molecule has 0 saturated heterocycles. The molecule has 25 heavy (non-hydrogen) atoms. The maximum Gasteiger partial charge on any atom is 0.287 e. The summed E-state index contributed by atoms with van der Waals surface area (Å²) in [6.45, 7) is 6.72. The van der Waals surface area contributed by atoms with E-state index in [1.54, 1.807) is 24.5 Å². The maximum absolute atomic E-state index is 11.9. The van der Waals surface area contributed by atoms with Crippen LogP contribution in [0.25, 0.3) is 0 Å². The molecule has 6 nitrogen and oxygen atoms in total. The lowest BCUT2D eigenvalue weighted by molar-refractivity contribution is 0.0951.